The molecule has 33 heavy (non-hydrogen) atoms. The smallest absolute Gasteiger partial charge is 0.267 e. The summed E-state index contributed by atoms with van der Waals surface area (Å²) in [6.45, 7) is 6.09. The zero-order chi connectivity index (χ0) is 23.1. The van der Waals surface area contributed by atoms with Crippen molar-refractivity contribution in [3.8, 4) is 11.5 Å². The lowest BCUT2D eigenvalue weighted by Crippen LogP contribution is -2.57. The number of imide groups is 1. The zero-order valence-electron chi connectivity index (χ0n) is 18.8. The Morgan fingerprint density at radius 2 is 1.61 bits per heavy atom. The van der Waals surface area contributed by atoms with Gasteiger partial charge in [0.1, 0.15) is 6.61 Å². The van der Waals surface area contributed by atoms with Crippen molar-refractivity contribution in [1.82, 2.24) is 9.80 Å². The van der Waals surface area contributed by atoms with Crippen LogP contribution in [0.15, 0.2) is 42.5 Å². The van der Waals surface area contributed by atoms with Crippen LogP contribution in [0.3, 0.4) is 0 Å². The molecule has 8 nitrogen and oxygen atoms in total. The molecule has 5 rings (SSSR count). The van der Waals surface area contributed by atoms with Crippen LogP contribution in [0.2, 0.25) is 0 Å². The summed E-state index contributed by atoms with van der Waals surface area (Å²) in [6, 6.07) is 12.6. The molecule has 0 aliphatic carbocycles. The van der Waals surface area contributed by atoms with E-state index in [0.717, 1.165) is 11.1 Å². The van der Waals surface area contributed by atoms with Crippen molar-refractivity contribution in [3.05, 3.63) is 53.6 Å². The van der Waals surface area contributed by atoms with Crippen LogP contribution >= 0.6 is 0 Å². The minimum Gasteiger partial charge on any atom is -0.485 e. The fraction of sp³-hybridized carbons (Fsp3) is 0.400. The first kappa shape index (κ1) is 21.5. The Hall–Kier alpha value is -3.39. The molecular formula is C25H27N3O5. The van der Waals surface area contributed by atoms with Gasteiger partial charge in [0.15, 0.2) is 11.5 Å². The minimum absolute atomic E-state index is 0.116. The number of amides is 3. The fourth-order valence-electron chi connectivity index (χ4n) is 4.85. The van der Waals surface area contributed by atoms with Gasteiger partial charge in [-0.15, -0.1) is 0 Å². The highest BCUT2D eigenvalue weighted by Crippen LogP contribution is 2.32. The van der Waals surface area contributed by atoms with E-state index in [1.165, 1.54) is 4.90 Å². The summed E-state index contributed by atoms with van der Waals surface area (Å²) in [6.07, 6.45) is -0.517. The fourth-order valence-corrected chi connectivity index (χ4v) is 4.85. The van der Waals surface area contributed by atoms with Crippen LogP contribution in [0.5, 0.6) is 11.5 Å². The lowest BCUT2D eigenvalue weighted by Gasteiger charge is -2.38. The molecule has 2 fully saturated rings. The predicted octanol–water partition coefficient (Wildman–Crippen LogP) is 1.92. The summed E-state index contributed by atoms with van der Waals surface area (Å²) in [5.74, 6) is 0.728. The number of piperazine rings is 1. The molecule has 172 valence electrons. The number of rotatable bonds is 3. The van der Waals surface area contributed by atoms with E-state index in [-0.39, 0.29) is 30.7 Å². The number of ether oxygens (including phenoxy) is 2. The SMILES string of the molecule is Cc1cc(C)cc(N2C(=O)C[C@H](N3CCN(C(=O)[C@H]4COc5ccccc5O4)CC3)C2=O)c1. The van der Waals surface area contributed by atoms with Gasteiger partial charge in [0, 0.05) is 26.2 Å². The molecule has 0 saturated carbocycles. The van der Waals surface area contributed by atoms with Gasteiger partial charge in [-0.05, 0) is 49.2 Å². The first-order chi connectivity index (χ1) is 15.9. The number of fused-ring (bicyclic) bond motifs is 1. The molecule has 2 atom stereocenters. The Morgan fingerprint density at radius 3 is 2.30 bits per heavy atom. The molecular weight excluding hydrogens is 422 g/mol. The Morgan fingerprint density at radius 1 is 0.939 bits per heavy atom. The normalized spacial score (nSPS) is 23.2. The van der Waals surface area contributed by atoms with Gasteiger partial charge in [-0.2, -0.15) is 0 Å². The van der Waals surface area contributed by atoms with Gasteiger partial charge in [-0.3, -0.25) is 19.3 Å². The molecule has 8 heteroatoms. The highest BCUT2D eigenvalue weighted by Gasteiger charge is 2.44. The van der Waals surface area contributed by atoms with Crippen molar-refractivity contribution in [2.24, 2.45) is 0 Å². The van der Waals surface area contributed by atoms with Crippen molar-refractivity contribution in [3.63, 3.8) is 0 Å². The van der Waals surface area contributed by atoms with Crippen molar-refractivity contribution in [2.75, 3.05) is 37.7 Å². The van der Waals surface area contributed by atoms with E-state index in [1.54, 1.807) is 11.0 Å². The molecule has 3 aliphatic rings. The quantitative estimate of drug-likeness (QED) is 0.667. The number of benzene rings is 2. The van der Waals surface area contributed by atoms with Gasteiger partial charge in [-0.1, -0.05) is 18.2 Å². The molecule has 2 saturated heterocycles. The zero-order valence-corrected chi connectivity index (χ0v) is 18.8. The summed E-state index contributed by atoms with van der Waals surface area (Å²) >= 11 is 0. The number of hydrogen-bond donors (Lipinski definition) is 0. The minimum atomic E-state index is -0.679. The third kappa shape index (κ3) is 4.06. The number of anilines is 1. The molecule has 3 amide bonds. The summed E-state index contributed by atoms with van der Waals surface area (Å²) in [5.41, 5.74) is 2.66. The van der Waals surface area contributed by atoms with E-state index in [9.17, 15) is 14.4 Å². The highest BCUT2D eigenvalue weighted by atomic mass is 16.6. The van der Waals surface area contributed by atoms with Gasteiger partial charge >= 0.3 is 0 Å². The van der Waals surface area contributed by atoms with Crippen LogP contribution in [0.25, 0.3) is 0 Å². The van der Waals surface area contributed by atoms with E-state index in [4.69, 9.17) is 9.47 Å². The molecule has 0 radical (unpaired) electrons. The second-order valence-corrected chi connectivity index (χ2v) is 8.86. The topological polar surface area (TPSA) is 79.4 Å². The number of carbonyl (C=O) groups excluding carboxylic acids is 3. The average molecular weight is 450 g/mol. The Kier molecular flexibility index (Phi) is 5.54. The van der Waals surface area contributed by atoms with E-state index in [0.29, 0.717) is 43.4 Å². The van der Waals surface area contributed by atoms with E-state index >= 15 is 0 Å². The molecule has 3 aliphatic heterocycles. The Labute approximate surface area is 192 Å². The van der Waals surface area contributed by atoms with Crippen LogP contribution in [0.1, 0.15) is 17.5 Å². The van der Waals surface area contributed by atoms with E-state index < -0.39 is 12.1 Å². The van der Waals surface area contributed by atoms with Crippen LogP contribution < -0.4 is 14.4 Å². The van der Waals surface area contributed by atoms with Crippen molar-refractivity contribution < 1.29 is 23.9 Å². The van der Waals surface area contributed by atoms with Gasteiger partial charge in [0.2, 0.25) is 12.0 Å². The number of nitrogens with zero attached hydrogens (tertiary/aromatic N) is 3. The van der Waals surface area contributed by atoms with Crippen LogP contribution in [0.4, 0.5) is 5.69 Å². The summed E-state index contributed by atoms with van der Waals surface area (Å²) < 4.78 is 11.5. The molecule has 2 aromatic carbocycles. The van der Waals surface area contributed by atoms with Crippen molar-refractivity contribution >= 4 is 23.4 Å². The number of para-hydroxylation sites is 2. The number of carbonyl (C=O) groups is 3. The second kappa shape index (κ2) is 8.51. The summed E-state index contributed by atoms with van der Waals surface area (Å²) in [4.78, 5) is 43.9. The first-order valence-corrected chi connectivity index (χ1v) is 11.3. The van der Waals surface area contributed by atoms with Crippen LogP contribution in [0, 0.1) is 13.8 Å². The molecule has 2 aromatic rings. The number of aryl methyl sites for hydroxylation is 2. The average Bonchev–Trinajstić information content (AvgIpc) is 3.11. The van der Waals surface area contributed by atoms with E-state index in [2.05, 4.69) is 0 Å². The maximum atomic E-state index is 13.2. The van der Waals surface area contributed by atoms with Gasteiger partial charge in [0.25, 0.3) is 11.8 Å². The lowest BCUT2D eigenvalue weighted by atomic mass is 10.1. The third-order valence-corrected chi connectivity index (χ3v) is 6.44. The molecule has 0 spiro atoms. The first-order valence-electron chi connectivity index (χ1n) is 11.3. The summed E-state index contributed by atoms with van der Waals surface area (Å²) in [7, 11) is 0. The molecule has 0 N–H and O–H groups in total. The maximum Gasteiger partial charge on any atom is 0.267 e. The van der Waals surface area contributed by atoms with Crippen LogP contribution in [-0.4, -0.2) is 72.5 Å². The number of hydrogen-bond acceptors (Lipinski definition) is 6. The van der Waals surface area contributed by atoms with Crippen molar-refractivity contribution in [2.45, 2.75) is 32.4 Å². The molecule has 0 unspecified atom stereocenters. The standard InChI is InChI=1S/C25H27N3O5/c1-16-11-17(2)13-18(12-16)28-23(29)14-19(24(28)30)26-7-9-27(10-8-26)25(31)22-15-32-20-5-3-4-6-21(20)33-22/h3-6,11-13,19,22H,7-10,14-15H2,1-2H3/t19-,22+/m0/s1. The van der Waals surface area contributed by atoms with Crippen LogP contribution in [-0.2, 0) is 14.4 Å². The van der Waals surface area contributed by atoms with Gasteiger partial charge in [-0.25, -0.2) is 4.90 Å². The van der Waals surface area contributed by atoms with Gasteiger partial charge in [0.05, 0.1) is 18.2 Å². The molecule has 3 heterocycles. The molecule has 0 aromatic heterocycles. The third-order valence-electron chi connectivity index (χ3n) is 6.44. The Bertz CT molecular complexity index is 1090. The molecule has 0 bridgehead atoms. The second-order valence-electron chi connectivity index (χ2n) is 8.86. The largest absolute Gasteiger partial charge is 0.485 e. The monoisotopic (exact) mass is 449 g/mol. The summed E-state index contributed by atoms with van der Waals surface area (Å²) in [5, 5.41) is 0. The lowest BCUT2D eigenvalue weighted by molar-refractivity contribution is -0.143. The predicted molar refractivity (Wildman–Crippen MR) is 121 cm³/mol. The van der Waals surface area contributed by atoms with E-state index in [1.807, 2.05) is 55.1 Å². The van der Waals surface area contributed by atoms with Crippen molar-refractivity contribution in [1.29, 1.82) is 0 Å². The van der Waals surface area contributed by atoms with Gasteiger partial charge < -0.3 is 14.4 Å². The highest BCUT2D eigenvalue weighted by molar-refractivity contribution is 6.22. The maximum absolute atomic E-state index is 13.2. The Balaban J connectivity index is 1.21.